The fourth-order valence-electron chi connectivity index (χ4n) is 2.42. The van der Waals surface area contributed by atoms with Gasteiger partial charge in [0, 0.05) is 20.4 Å². The van der Waals surface area contributed by atoms with Gasteiger partial charge in [0.25, 0.3) is 0 Å². The van der Waals surface area contributed by atoms with E-state index in [9.17, 15) is 0 Å². The SMILES string of the molecule is Nc1c(Br)cc(Br)cc1-c1nn2c(C3CCC3)nnc2s1. The molecule has 1 aliphatic carbocycles. The molecule has 3 aromatic rings. The van der Waals surface area contributed by atoms with Crippen molar-refractivity contribution in [3.05, 3.63) is 26.9 Å². The Kier molecular flexibility index (Phi) is 3.27. The average Bonchev–Trinajstić information content (AvgIpc) is 2.94. The minimum Gasteiger partial charge on any atom is -0.397 e. The fraction of sp³-hybridized carbons (Fsp3) is 0.308. The molecule has 1 fully saturated rings. The highest BCUT2D eigenvalue weighted by atomic mass is 79.9. The van der Waals surface area contributed by atoms with Crippen LogP contribution in [0.15, 0.2) is 21.1 Å². The summed E-state index contributed by atoms with van der Waals surface area (Å²) in [7, 11) is 0. The molecule has 5 nitrogen and oxygen atoms in total. The Morgan fingerprint density at radius 1 is 1.24 bits per heavy atom. The van der Waals surface area contributed by atoms with Crippen LogP contribution in [0.5, 0.6) is 0 Å². The topological polar surface area (TPSA) is 69.1 Å². The van der Waals surface area contributed by atoms with Gasteiger partial charge in [-0.2, -0.15) is 9.61 Å². The molecule has 0 radical (unpaired) electrons. The molecule has 2 aromatic heterocycles. The largest absolute Gasteiger partial charge is 0.397 e. The van der Waals surface area contributed by atoms with Crippen molar-refractivity contribution in [3.8, 4) is 10.6 Å². The number of fused-ring (bicyclic) bond motifs is 1. The van der Waals surface area contributed by atoms with Crippen LogP contribution in [0.25, 0.3) is 15.5 Å². The average molecular weight is 429 g/mol. The summed E-state index contributed by atoms with van der Waals surface area (Å²) >= 11 is 8.48. The first-order valence-electron chi connectivity index (χ1n) is 6.60. The summed E-state index contributed by atoms with van der Waals surface area (Å²) in [6.45, 7) is 0. The van der Waals surface area contributed by atoms with Gasteiger partial charge in [0.1, 0.15) is 5.01 Å². The number of nitrogen functional groups attached to an aromatic ring is 1. The Morgan fingerprint density at radius 3 is 2.76 bits per heavy atom. The summed E-state index contributed by atoms with van der Waals surface area (Å²) in [4.78, 5) is 0.822. The molecule has 0 atom stereocenters. The summed E-state index contributed by atoms with van der Waals surface area (Å²) in [5, 5.41) is 14.1. The zero-order valence-electron chi connectivity index (χ0n) is 10.9. The van der Waals surface area contributed by atoms with Gasteiger partial charge in [-0.25, -0.2) is 0 Å². The van der Waals surface area contributed by atoms with Gasteiger partial charge in [0.2, 0.25) is 4.96 Å². The summed E-state index contributed by atoms with van der Waals surface area (Å²) in [5.41, 5.74) is 7.76. The van der Waals surface area contributed by atoms with Crippen LogP contribution in [0.4, 0.5) is 5.69 Å². The highest BCUT2D eigenvalue weighted by Crippen LogP contribution is 2.39. The molecule has 0 unspecified atom stereocenters. The molecule has 1 saturated carbocycles. The molecular weight excluding hydrogens is 418 g/mol. The number of nitrogens with zero attached hydrogens (tertiary/aromatic N) is 4. The Labute approximate surface area is 141 Å². The lowest BCUT2D eigenvalue weighted by Gasteiger charge is -2.22. The van der Waals surface area contributed by atoms with Crippen LogP contribution in [0.1, 0.15) is 31.0 Å². The molecule has 108 valence electrons. The van der Waals surface area contributed by atoms with Gasteiger partial charge in [-0.3, -0.25) is 0 Å². The number of aromatic nitrogens is 4. The zero-order chi connectivity index (χ0) is 14.6. The van der Waals surface area contributed by atoms with E-state index in [-0.39, 0.29) is 0 Å². The molecule has 1 aliphatic rings. The maximum absolute atomic E-state index is 6.16. The third-order valence-corrected chi connectivity index (χ3v) is 5.86. The summed E-state index contributed by atoms with van der Waals surface area (Å²) in [6.07, 6.45) is 3.62. The Bertz CT molecular complexity index is 837. The van der Waals surface area contributed by atoms with Gasteiger partial charge in [-0.05, 0) is 40.9 Å². The van der Waals surface area contributed by atoms with E-state index in [1.165, 1.54) is 30.6 Å². The molecule has 8 heteroatoms. The normalized spacial score (nSPS) is 15.5. The number of hydrogen-bond donors (Lipinski definition) is 1. The van der Waals surface area contributed by atoms with Crippen molar-refractivity contribution in [3.63, 3.8) is 0 Å². The van der Waals surface area contributed by atoms with Crippen molar-refractivity contribution in [2.45, 2.75) is 25.2 Å². The minimum atomic E-state index is 0.501. The van der Waals surface area contributed by atoms with Crippen molar-refractivity contribution >= 4 is 53.8 Å². The second kappa shape index (κ2) is 5.03. The van der Waals surface area contributed by atoms with Crippen LogP contribution in [0.3, 0.4) is 0 Å². The second-order valence-corrected chi connectivity index (χ2v) is 7.86. The van der Waals surface area contributed by atoms with Crippen LogP contribution in [0, 0.1) is 0 Å². The highest BCUT2D eigenvalue weighted by Gasteiger charge is 2.26. The van der Waals surface area contributed by atoms with Crippen LogP contribution >= 0.6 is 43.2 Å². The predicted octanol–water partition coefficient (Wildman–Crippen LogP) is 4.23. The van der Waals surface area contributed by atoms with Gasteiger partial charge >= 0.3 is 0 Å². The highest BCUT2D eigenvalue weighted by molar-refractivity contribution is 9.11. The molecule has 1 aromatic carbocycles. The predicted molar refractivity (Wildman–Crippen MR) is 90.5 cm³/mol. The molecule has 2 heterocycles. The first-order chi connectivity index (χ1) is 10.1. The molecule has 21 heavy (non-hydrogen) atoms. The lowest BCUT2D eigenvalue weighted by atomic mass is 9.85. The van der Waals surface area contributed by atoms with Gasteiger partial charge in [-0.15, -0.1) is 10.2 Å². The smallest absolute Gasteiger partial charge is 0.234 e. The Morgan fingerprint density at radius 2 is 2.05 bits per heavy atom. The molecule has 0 amide bonds. The minimum absolute atomic E-state index is 0.501. The molecule has 2 N–H and O–H groups in total. The summed E-state index contributed by atoms with van der Waals surface area (Å²) in [5.74, 6) is 1.48. The fourth-order valence-corrected chi connectivity index (χ4v) is 4.53. The number of hydrogen-bond acceptors (Lipinski definition) is 5. The van der Waals surface area contributed by atoms with Crippen LogP contribution in [0.2, 0.25) is 0 Å². The summed E-state index contributed by atoms with van der Waals surface area (Å²) < 4.78 is 3.69. The van der Waals surface area contributed by atoms with E-state index in [2.05, 4.69) is 47.2 Å². The lowest BCUT2D eigenvalue weighted by molar-refractivity contribution is 0.395. The maximum atomic E-state index is 6.16. The number of benzene rings is 1. The number of rotatable bonds is 2. The van der Waals surface area contributed by atoms with E-state index < -0.39 is 0 Å². The standard InChI is InChI=1S/C13H11Br2N5S/c14-7-4-8(10(16)9(15)5-7)12-19-20-11(6-2-1-3-6)17-18-13(20)21-12/h4-6H,1-3,16H2. The number of halogens is 2. The quantitative estimate of drug-likeness (QED) is 0.620. The monoisotopic (exact) mass is 427 g/mol. The lowest BCUT2D eigenvalue weighted by Crippen LogP contribution is -2.13. The van der Waals surface area contributed by atoms with Crippen molar-refractivity contribution in [2.24, 2.45) is 0 Å². The molecule has 0 bridgehead atoms. The zero-order valence-corrected chi connectivity index (χ0v) is 14.9. The van der Waals surface area contributed by atoms with E-state index in [0.717, 1.165) is 30.3 Å². The van der Waals surface area contributed by atoms with Crippen molar-refractivity contribution in [2.75, 3.05) is 5.73 Å². The van der Waals surface area contributed by atoms with Crippen LogP contribution in [-0.2, 0) is 0 Å². The number of nitrogens with two attached hydrogens (primary N) is 1. The second-order valence-electron chi connectivity index (χ2n) is 5.14. The molecule has 4 rings (SSSR count). The van der Waals surface area contributed by atoms with Gasteiger partial charge in [-0.1, -0.05) is 33.7 Å². The molecule has 0 saturated heterocycles. The Hall–Kier alpha value is -0.990. The van der Waals surface area contributed by atoms with E-state index in [0.29, 0.717) is 11.6 Å². The van der Waals surface area contributed by atoms with Crippen molar-refractivity contribution in [1.29, 1.82) is 0 Å². The number of anilines is 1. The van der Waals surface area contributed by atoms with Crippen LogP contribution < -0.4 is 5.73 Å². The van der Waals surface area contributed by atoms with Gasteiger partial charge in [0.15, 0.2) is 5.82 Å². The van der Waals surface area contributed by atoms with Gasteiger partial charge in [0.05, 0.1) is 5.69 Å². The van der Waals surface area contributed by atoms with E-state index in [4.69, 9.17) is 5.73 Å². The molecule has 0 spiro atoms. The van der Waals surface area contributed by atoms with Gasteiger partial charge < -0.3 is 5.73 Å². The Balaban J connectivity index is 1.86. The van der Waals surface area contributed by atoms with E-state index in [1.54, 1.807) is 0 Å². The van der Waals surface area contributed by atoms with E-state index in [1.807, 2.05) is 16.6 Å². The first-order valence-corrected chi connectivity index (χ1v) is 9.01. The molecular formula is C13H11Br2N5S. The van der Waals surface area contributed by atoms with Crippen molar-refractivity contribution in [1.82, 2.24) is 19.8 Å². The van der Waals surface area contributed by atoms with Crippen molar-refractivity contribution < 1.29 is 0 Å². The third-order valence-electron chi connectivity index (χ3n) is 3.81. The first kappa shape index (κ1) is 13.7. The summed E-state index contributed by atoms with van der Waals surface area (Å²) in [6, 6.07) is 3.91. The van der Waals surface area contributed by atoms with E-state index >= 15 is 0 Å². The maximum Gasteiger partial charge on any atom is 0.234 e. The molecule has 0 aliphatic heterocycles. The van der Waals surface area contributed by atoms with Crippen LogP contribution in [-0.4, -0.2) is 19.8 Å². The third kappa shape index (κ3) is 2.20.